The van der Waals surface area contributed by atoms with Crippen LogP contribution in [0.25, 0.3) is 6.08 Å². The molecule has 170 valence electrons. The summed E-state index contributed by atoms with van der Waals surface area (Å²) in [5.41, 5.74) is 3.58. The van der Waals surface area contributed by atoms with Gasteiger partial charge in [0.05, 0.1) is 35.1 Å². The lowest BCUT2D eigenvalue weighted by Crippen LogP contribution is -2.40. The highest BCUT2D eigenvalue weighted by atomic mass is 32.1. The third-order valence-corrected chi connectivity index (χ3v) is 6.37. The number of esters is 1. The van der Waals surface area contributed by atoms with Crippen molar-refractivity contribution in [1.82, 2.24) is 4.57 Å². The molecule has 0 saturated carbocycles. The lowest BCUT2D eigenvalue weighted by molar-refractivity contribution is -0.143. The summed E-state index contributed by atoms with van der Waals surface area (Å²) >= 11 is 1.32. The number of benzene rings is 2. The van der Waals surface area contributed by atoms with Gasteiger partial charge in [0.2, 0.25) is 0 Å². The first kappa shape index (κ1) is 22.7. The van der Waals surface area contributed by atoms with Crippen LogP contribution in [-0.4, -0.2) is 23.8 Å². The zero-order valence-corrected chi connectivity index (χ0v) is 20.1. The van der Waals surface area contributed by atoms with E-state index in [1.807, 2.05) is 61.5 Å². The van der Waals surface area contributed by atoms with Crippen molar-refractivity contribution >= 4 is 23.4 Å². The van der Waals surface area contributed by atoms with Gasteiger partial charge in [0.15, 0.2) is 4.80 Å². The van der Waals surface area contributed by atoms with Crippen LogP contribution in [0.2, 0.25) is 0 Å². The summed E-state index contributed by atoms with van der Waals surface area (Å²) in [6.07, 6.45) is 1.57. The van der Waals surface area contributed by atoms with Crippen LogP contribution in [0.1, 0.15) is 43.5 Å². The van der Waals surface area contributed by atoms with E-state index < -0.39 is 12.0 Å². The summed E-state index contributed by atoms with van der Waals surface area (Å²) in [6.45, 7) is 7.40. The summed E-state index contributed by atoms with van der Waals surface area (Å²) in [5.74, 6) is 0.220. The van der Waals surface area contributed by atoms with Crippen molar-refractivity contribution in [3.05, 3.63) is 96.2 Å². The fourth-order valence-corrected chi connectivity index (χ4v) is 4.82. The van der Waals surface area contributed by atoms with E-state index in [2.05, 4.69) is 4.99 Å². The van der Waals surface area contributed by atoms with Crippen molar-refractivity contribution in [2.75, 3.05) is 7.11 Å². The molecule has 0 aliphatic carbocycles. The molecule has 1 aliphatic heterocycles. The zero-order valence-electron chi connectivity index (χ0n) is 19.3. The molecule has 2 heterocycles. The van der Waals surface area contributed by atoms with Gasteiger partial charge < -0.3 is 9.47 Å². The molecule has 4 rings (SSSR count). The summed E-state index contributed by atoms with van der Waals surface area (Å²) in [4.78, 5) is 31.8. The van der Waals surface area contributed by atoms with Crippen molar-refractivity contribution in [2.24, 2.45) is 4.99 Å². The van der Waals surface area contributed by atoms with E-state index in [1.165, 1.54) is 11.3 Å². The smallest absolute Gasteiger partial charge is 0.338 e. The van der Waals surface area contributed by atoms with Gasteiger partial charge in [0.25, 0.3) is 5.56 Å². The SMILES string of the molecule is COc1ccc([C@@H]2C(C(=O)OC(C)C)=C(C)N=c3s/c(=C\c4ccc(C)cc4)c(=O)n32)cc1. The minimum Gasteiger partial charge on any atom is -0.497 e. The lowest BCUT2D eigenvalue weighted by Gasteiger charge is -2.25. The fourth-order valence-electron chi connectivity index (χ4n) is 3.78. The molecule has 3 aromatic rings. The van der Waals surface area contributed by atoms with E-state index in [1.54, 1.807) is 32.4 Å². The first-order chi connectivity index (χ1) is 15.8. The normalized spacial score (nSPS) is 15.9. The number of nitrogens with zero attached hydrogens (tertiary/aromatic N) is 2. The molecule has 0 N–H and O–H groups in total. The summed E-state index contributed by atoms with van der Waals surface area (Å²) in [7, 11) is 1.60. The number of carbonyl (C=O) groups excluding carboxylic acids is 1. The number of methoxy groups -OCH3 is 1. The average molecular weight is 463 g/mol. The lowest BCUT2D eigenvalue weighted by atomic mass is 9.96. The molecule has 7 heteroatoms. The van der Waals surface area contributed by atoms with E-state index in [0.29, 0.717) is 26.4 Å². The van der Waals surface area contributed by atoms with Gasteiger partial charge in [-0.05, 0) is 57.0 Å². The minimum absolute atomic E-state index is 0.192. The van der Waals surface area contributed by atoms with E-state index in [4.69, 9.17) is 9.47 Å². The molecule has 33 heavy (non-hydrogen) atoms. The highest BCUT2D eigenvalue weighted by Gasteiger charge is 2.33. The Morgan fingerprint density at radius 1 is 1.09 bits per heavy atom. The van der Waals surface area contributed by atoms with Crippen molar-refractivity contribution in [3.63, 3.8) is 0 Å². The van der Waals surface area contributed by atoms with Crippen molar-refractivity contribution in [3.8, 4) is 5.75 Å². The van der Waals surface area contributed by atoms with Crippen LogP contribution >= 0.6 is 11.3 Å². The van der Waals surface area contributed by atoms with Gasteiger partial charge in [-0.1, -0.05) is 53.3 Å². The van der Waals surface area contributed by atoms with Crippen molar-refractivity contribution in [2.45, 2.75) is 39.8 Å². The topological polar surface area (TPSA) is 69.9 Å². The fraction of sp³-hybridized carbons (Fsp3) is 0.269. The number of fused-ring (bicyclic) bond motifs is 1. The van der Waals surface area contributed by atoms with Crippen LogP contribution in [0.3, 0.4) is 0 Å². The quantitative estimate of drug-likeness (QED) is 0.544. The van der Waals surface area contributed by atoms with Crippen LogP contribution in [0.15, 0.2) is 69.6 Å². The summed E-state index contributed by atoms with van der Waals surface area (Å²) < 4.78 is 13.0. The van der Waals surface area contributed by atoms with Crippen LogP contribution in [0.4, 0.5) is 0 Å². The monoisotopic (exact) mass is 462 g/mol. The van der Waals surface area contributed by atoms with Gasteiger partial charge in [0, 0.05) is 0 Å². The Balaban J connectivity index is 1.92. The largest absolute Gasteiger partial charge is 0.497 e. The molecule has 0 bridgehead atoms. The van der Waals surface area contributed by atoms with Gasteiger partial charge >= 0.3 is 5.97 Å². The second kappa shape index (κ2) is 9.19. The number of carbonyl (C=O) groups is 1. The van der Waals surface area contributed by atoms with Gasteiger partial charge in [-0.25, -0.2) is 9.79 Å². The second-order valence-electron chi connectivity index (χ2n) is 8.22. The van der Waals surface area contributed by atoms with Crippen molar-refractivity contribution < 1.29 is 14.3 Å². The number of hydrogen-bond donors (Lipinski definition) is 0. The molecule has 0 spiro atoms. The van der Waals surface area contributed by atoms with Crippen molar-refractivity contribution in [1.29, 1.82) is 0 Å². The predicted molar refractivity (Wildman–Crippen MR) is 129 cm³/mol. The Kier molecular flexibility index (Phi) is 6.33. The van der Waals surface area contributed by atoms with Gasteiger partial charge in [-0.3, -0.25) is 9.36 Å². The molecule has 1 atom stereocenters. The zero-order chi connectivity index (χ0) is 23.7. The molecule has 0 unspecified atom stereocenters. The number of rotatable bonds is 5. The van der Waals surface area contributed by atoms with E-state index in [0.717, 1.165) is 16.7 Å². The van der Waals surface area contributed by atoms with E-state index >= 15 is 0 Å². The maximum Gasteiger partial charge on any atom is 0.338 e. The van der Waals surface area contributed by atoms with Crippen LogP contribution in [-0.2, 0) is 9.53 Å². The molecular formula is C26H26N2O4S. The Morgan fingerprint density at radius 2 is 1.76 bits per heavy atom. The third kappa shape index (κ3) is 4.54. The number of allylic oxidation sites excluding steroid dienone is 1. The van der Waals surface area contributed by atoms with Crippen LogP contribution in [0, 0.1) is 6.92 Å². The minimum atomic E-state index is -0.640. The summed E-state index contributed by atoms with van der Waals surface area (Å²) in [5, 5.41) is 0. The molecule has 2 aromatic carbocycles. The Bertz CT molecular complexity index is 1390. The highest BCUT2D eigenvalue weighted by Crippen LogP contribution is 2.31. The first-order valence-electron chi connectivity index (χ1n) is 10.7. The van der Waals surface area contributed by atoms with Crippen LogP contribution < -0.4 is 19.6 Å². The maximum atomic E-state index is 13.6. The second-order valence-corrected chi connectivity index (χ2v) is 9.23. The molecular weight excluding hydrogens is 436 g/mol. The molecule has 1 aromatic heterocycles. The number of ether oxygens (including phenoxy) is 2. The number of aromatic nitrogens is 1. The van der Waals surface area contributed by atoms with Crippen LogP contribution in [0.5, 0.6) is 5.75 Å². The molecule has 0 fully saturated rings. The third-order valence-electron chi connectivity index (χ3n) is 5.39. The highest BCUT2D eigenvalue weighted by molar-refractivity contribution is 7.07. The molecule has 0 radical (unpaired) electrons. The molecule has 1 aliphatic rings. The maximum absolute atomic E-state index is 13.6. The number of thiazole rings is 1. The summed E-state index contributed by atoms with van der Waals surface area (Å²) in [6, 6.07) is 14.7. The van der Waals surface area contributed by atoms with E-state index in [9.17, 15) is 9.59 Å². The average Bonchev–Trinajstić information content (AvgIpc) is 3.08. The van der Waals surface area contributed by atoms with Gasteiger partial charge in [-0.2, -0.15) is 0 Å². The molecule has 0 saturated heterocycles. The van der Waals surface area contributed by atoms with E-state index in [-0.39, 0.29) is 11.7 Å². The van der Waals surface area contributed by atoms with Gasteiger partial charge in [0.1, 0.15) is 5.75 Å². The molecule has 6 nitrogen and oxygen atoms in total. The van der Waals surface area contributed by atoms with Gasteiger partial charge in [-0.15, -0.1) is 0 Å². The molecule has 0 amide bonds. The Morgan fingerprint density at radius 3 is 2.36 bits per heavy atom. The Labute approximate surface area is 196 Å². The first-order valence-corrected chi connectivity index (χ1v) is 11.5. The number of aryl methyl sites for hydroxylation is 1. The number of hydrogen-bond acceptors (Lipinski definition) is 6. The predicted octanol–water partition coefficient (Wildman–Crippen LogP) is 3.50. The standard InChI is InChI=1S/C26H26N2O4S/c1-15(2)32-25(30)22-17(4)27-26-28(23(22)19-10-12-20(31-5)13-11-19)24(29)21(33-26)14-18-8-6-16(3)7-9-18/h6-15,23H,1-5H3/b21-14-/t23-/m1/s1. The Hall–Kier alpha value is -3.45.